The van der Waals surface area contributed by atoms with Gasteiger partial charge in [-0.2, -0.15) is 4.98 Å². The number of amides is 1. The van der Waals surface area contributed by atoms with Crippen LogP contribution in [0.25, 0.3) is 21.6 Å². The van der Waals surface area contributed by atoms with Gasteiger partial charge in [-0.3, -0.25) is 15.1 Å². The molecule has 1 fully saturated rings. The monoisotopic (exact) mass is 475 g/mol. The van der Waals surface area contributed by atoms with Crippen molar-refractivity contribution in [1.82, 2.24) is 19.9 Å². The Morgan fingerprint density at radius 3 is 2.68 bits per heavy atom. The largest absolute Gasteiger partial charge is 0.496 e. The first-order valence-corrected chi connectivity index (χ1v) is 12.1. The van der Waals surface area contributed by atoms with Gasteiger partial charge in [-0.15, -0.1) is 0 Å². The fraction of sp³-hybridized carbons (Fsp3) is 0.320. The minimum absolute atomic E-state index is 0.213. The predicted octanol–water partition coefficient (Wildman–Crippen LogP) is 4.74. The lowest BCUT2D eigenvalue weighted by atomic mass is 9.85. The molecule has 1 saturated carbocycles. The first-order chi connectivity index (χ1) is 16.5. The fourth-order valence-corrected chi connectivity index (χ4v) is 5.15. The predicted molar refractivity (Wildman–Crippen MR) is 131 cm³/mol. The number of para-hydroxylation sites is 1. The number of pyridine rings is 1. The second kappa shape index (κ2) is 9.44. The average molecular weight is 476 g/mol. The van der Waals surface area contributed by atoms with Crippen molar-refractivity contribution < 1.29 is 14.6 Å². The van der Waals surface area contributed by atoms with Crippen molar-refractivity contribution in [3.05, 3.63) is 59.7 Å². The highest BCUT2D eigenvalue weighted by molar-refractivity contribution is 7.21. The highest BCUT2D eigenvalue weighted by Crippen LogP contribution is 2.35. The van der Waals surface area contributed by atoms with Gasteiger partial charge in [0.05, 0.1) is 30.7 Å². The molecular formula is C25H25N5O3S. The lowest BCUT2D eigenvalue weighted by Crippen LogP contribution is -2.17. The van der Waals surface area contributed by atoms with E-state index in [9.17, 15) is 9.90 Å². The highest BCUT2D eigenvalue weighted by atomic mass is 32.1. The van der Waals surface area contributed by atoms with Crippen LogP contribution < -0.4 is 10.1 Å². The van der Waals surface area contributed by atoms with Gasteiger partial charge in [0.1, 0.15) is 5.75 Å². The number of fused-ring (bicyclic) bond motifs is 1. The molecule has 1 aromatic carbocycles. The van der Waals surface area contributed by atoms with Gasteiger partial charge in [0.15, 0.2) is 15.6 Å². The van der Waals surface area contributed by atoms with E-state index in [1.165, 1.54) is 11.3 Å². The molecule has 3 heterocycles. The van der Waals surface area contributed by atoms with Crippen molar-refractivity contribution in [2.24, 2.45) is 0 Å². The summed E-state index contributed by atoms with van der Waals surface area (Å²) in [7, 11) is 1.61. The molecule has 0 saturated heterocycles. The summed E-state index contributed by atoms with van der Waals surface area (Å²) in [5, 5.41) is 13.1. The normalized spacial score (nSPS) is 18.1. The number of anilines is 1. The van der Waals surface area contributed by atoms with Gasteiger partial charge in [0, 0.05) is 28.9 Å². The first kappa shape index (κ1) is 22.4. The molecule has 5 rings (SSSR count). The summed E-state index contributed by atoms with van der Waals surface area (Å²) >= 11 is 1.30. The molecule has 4 aromatic rings. The molecule has 3 aromatic heterocycles. The molecule has 0 radical (unpaired) electrons. The molecule has 1 aliphatic carbocycles. The third-order valence-electron chi connectivity index (χ3n) is 6.16. The lowest BCUT2D eigenvalue weighted by molar-refractivity contribution is 0.102. The van der Waals surface area contributed by atoms with E-state index in [1.807, 2.05) is 37.3 Å². The van der Waals surface area contributed by atoms with Gasteiger partial charge in [-0.25, -0.2) is 9.97 Å². The average Bonchev–Trinajstić information content (AvgIpc) is 3.25. The van der Waals surface area contributed by atoms with Gasteiger partial charge < -0.3 is 9.84 Å². The minimum Gasteiger partial charge on any atom is -0.496 e. The SMILES string of the molecule is COc1ccccc1-c1cc(C)ncc1C(=O)Nc1nc2ncc([C@H]3CC[C@H](O)CC3)nc2s1. The number of aliphatic hydroxyl groups excluding tert-OH is 1. The summed E-state index contributed by atoms with van der Waals surface area (Å²) in [6, 6.07) is 9.46. The Balaban J connectivity index is 1.42. The zero-order valence-corrected chi connectivity index (χ0v) is 19.8. The van der Waals surface area contributed by atoms with Crippen molar-refractivity contribution in [3.8, 4) is 16.9 Å². The maximum Gasteiger partial charge on any atom is 0.259 e. The van der Waals surface area contributed by atoms with E-state index in [-0.39, 0.29) is 12.0 Å². The smallest absolute Gasteiger partial charge is 0.259 e. The van der Waals surface area contributed by atoms with Crippen LogP contribution in [0.3, 0.4) is 0 Å². The number of hydrogen-bond donors (Lipinski definition) is 2. The Morgan fingerprint density at radius 2 is 1.88 bits per heavy atom. The summed E-state index contributed by atoms with van der Waals surface area (Å²) in [5.41, 5.74) is 4.21. The van der Waals surface area contributed by atoms with Crippen LogP contribution in [0, 0.1) is 6.92 Å². The molecule has 1 aliphatic rings. The number of nitrogens with one attached hydrogen (secondary N) is 1. The molecule has 2 N–H and O–H groups in total. The summed E-state index contributed by atoms with van der Waals surface area (Å²) in [5.74, 6) is 0.662. The maximum atomic E-state index is 13.3. The molecule has 0 bridgehead atoms. The molecule has 8 nitrogen and oxygen atoms in total. The Hall–Kier alpha value is -3.43. The lowest BCUT2D eigenvalue weighted by Gasteiger charge is -2.24. The number of carbonyl (C=O) groups excluding carboxylic acids is 1. The van der Waals surface area contributed by atoms with Gasteiger partial charge in [-0.05, 0) is 44.7 Å². The Kier molecular flexibility index (Phi) is 6.21. The van der Waals surface area contributed by atoms with Gasteiger partial charge >= 0.3 is 0 Å². The summed E-state index contributed by atoms with van der Waals surface area (Å²) in [6.07, 6.45) is 6.49. The van der Waals surface area contributed by atoms with E-state index in [1.54, 1.807) is 19.5 Å². The van der Waals surface area contributed by atoms with E-state index in [0.717, 1.165) is 48.2 Å². The number of rotatable bonds is 5. The van der Waals surface area contributed by atoms with Crippen molar-refractivity contribution in [2.45, 2.75) is 44.6 Å². The van der Waals surface area contributed by atoms with E-state index in [2.05, 4.69) is 20.3 Å². The van der Waals surface area contributed by atoms with Gasteiger partial charge in [-0.1, -0.05) is 29.5 Å². The second-order valence-electron chi connectivity index (χ2n) is 8.47. The molecule has 174 valence electrons. The van der Waals surface area contributed by atoms with Crippen molar-refractivity contribution in [2.75, 3.05) is 12.4 Å². The van der Waals surface area contributed by atoms with Crippen molar-refractivity contribution in [3.63, 3.8) is 0 Å². The van der Waals surface area contributed by atoms with Crippen LogP contribution in [0.1, 0.15) is 53.3 Å². The molecular weight excluding hydrogens is 450 g/mol. The molecule has 0 atom stereocenters. The number of carbonyl (C=O) groups is 1. The van der Waals surface area contributed by atoms with Crippen LogP contribution in [-0.4, -0.2) is 44.2 Å². The molecule has 0 aliphatic heterocycles. The number of nitrogens with zero attached hydrogens (tertiary/aromatic N) is 4. The number of methoxy groups -OCH3 is 1. The fourth-order valence-electron chi connectivity index (χ4n) is 4.35. The Bertz CT molecular complexity index is 1350. The number of aliphatic hydroxyl groups is 1. The summed E-state index contributed by atoms with van der Waals surface area (Å²) in [4.78, 5) is 32.0. The molecule has 9 heteroatoms. The van der Waals surface area contributed by atoms with E-state index in [4.69, 9.17) is 9.72 Å². The number of benzene rings is 1. The van der Waals surface area contributed by atoms with Gasteiger partial charge in [0.2, 0.25) is 0 Å². The summed E-state index contributed by atoms with van der Waals surface area (Å²) < 4.78 is 5.51. The standard InChI is InChI=1S/C25H25N5O3S/c1-14-11-18(17-5-3-4-6-21(17)33-2)19(12-26-14)23(32)30-25-29-22-24(34-25)28-20(13-27-22)15-7-9-16(31)10-8-15/h3-6,11-13,15-16,31H,7-10H2,1-2H3,(H,27,29,30,32)/t15-,16-. The van der Waals surface area contributed by atoms with Crippen LogP contribution >= 0.6 is 11.3 Å². The van der Waals surface area contributed by atoms with Crippen LogP contribution in [-0.2, 0) is 0 Å². The topological polar surface area (TPSA) is 110 Å². The third-order valence-corrected chi connectivity index (χ3v) is 7.01. The Labute approximate surface area is 201 Å². The third kappa shape index (κ3) is 4.49. The zero-order valence-electron chi connectivity index (χ0n) is 19.0. The minimum atomic E-state index is -0.311. The summed E-state index contributed by atoms with van der Waals surface area (Å²) in [6.45, 7) is 1.89. The molecule has 34 heavy (non-hydrogen) atoms. The number of thiazole rings is 1. The van der Waals surface area contributed by atoms with Crippen LogP contribution in [0.15, 0.2) is 42.7 Å². The first-order valence-electron chi connectivity index (χ1n) is 11.2. The van der Waals surface area contributed by atoms with E-state index in [0.29, 0.717) is 32.8 Å². The molecule has 1 amide bonds. The Morgan fingerprint density at radius 1 is 1.09 bits per heavy atom. The maximum absolute atomic E-state index is 13.3. The van der Waals surface area contributed by atoms with Crippen molar-refractivity contribution >= 4 is 32.9 Å². The van der Waals surface area contributed by atoms with E-state index >= 15 is 0 Å². The van der Waals surface area contributed by atoms with Crippen LogP contribution in [0.2, 0.25) is 0 Å². The molecule has 0 spiro atoms. The van der Waals surface area contributed by atoms with E-state index < -0.39 is 0 Å². The number of aryl methyl sites for hydroxylation is 1. The zero-order chi connectivity index (χ0) is 23.7. The highest BCUT2D eigenvalue weighted by Gasteiger charge is 2.23. The molecule has 0 unspecified atom stereocenters. The number of ether oxygens (including phenoxy) is 1. The van der Waals surface area contributed by atoms with Gasteiger partial charge in [0.25, 0.3) is 5.91 Å². The quantitative estimate of drug-likeness (QED) is 0.429. The second-order valence-corrected chi connectivity index (χ2v) is 9.45. The van der Waals surface area contributed by atoms with Crippen LogP contribution in [0.5, 0.6) is 5.75 Å². The number of aromatic nitrogens is 4. The van der Waals surface area contributed by atoms with Crippen molar-refractivity contribution in [1.29, 1.82) is 0 Å². The van der Waals surface area contributed by atoms with Crippen LogP contribution in [0.4, 0.5) is 5.13 Å². The number of hydrogen-bond acceptors (Lipinski definition) is 8.